The lowest BCUT2D eigenvalue weighted by Gasteiger charge is -2.06. The third-order valence-electron chi connectivity index (χ3n) is 3.86. The maximum atomic E-state index is 13.1. The molecule has 0 unspecified atom stereocenters. The number of nitrogens with zero attached hydrogens (tertiary/aromatic N) is 4. The molecule has 1 aromatic carbocycles. The van der Waals surface area contributed by atoms with Crippen LogP contribution in [0.15, 0.2) is 36.8 Å². The number of benzene rings is 1. The van der Waals surface area contributed by atoms with Crippen LogP contribution in [0.2, 0.25) is 5.02 Å². The maximum Gasteiger partial charge on any atom is 0.226 e. The number of rotatable bonds is 6. The Kier molecular flexibility index (Phi) is 5.92. The minimum atomic E-state index is -0.380. The molecule has 0 radical (unpaired) electrons. The highest BCUT2D eigenvalue weighted by Crippen LogP contribution is 2.19. The van der Waals surface area contributed by atoms with Crippen LogP contribution in [0.5, 0.6) is 0 Å². The molecule has 0 aliphatic rings. The van der Waals surface area contributed by atoms with Crippen molar-refractivity contribution in [3.63, 3.8) is 0 Å². The molecule has 6 nitrogen and oxygen atoms in total. The van der Waals surface area contributed by atoms with E-state index in [1.165, 1.54) is 12.1 Å². The number of aryl methyl sites for hydroxylation is 1. The van der Waals surface area contributed by atoms with Crippen molar-refractivity contribution in [1.82, 2.24) is 19.6 Å². The largest absolute Gasteiger partial charge is 0.323 e. The summed E-state index contributed by atoms with van der Waals surface area (Å²) in [5.74, 6) is -0.497. The molecule has 136 valence electrons. The number of hydrogen-bond acceptors (Lipinski definition) is 3. The van der Waals surface area contributed by atoms with Crippen LogP contribution in [-0.2, 0) is 17.9 Å². The Morgan fingerprint density at radius 1 is 1.35 bits per heavy atom. The van der Waals surface area contributed by atoms with Gasteiger partial charge in [0.25, 0.3) is 0 Å². The van der Waals surface area contributed by atoms with Crippen LogP contribution >= 0.6 is 34.2 Å². The Morgan fingerprint density at radius 2 is 2.15 bits per heavy atom. The van der Waals surface area contributed by atoms with Gasteiger partial charge in [0.15, 0.2) is 0 Å². The highest BCUT2D eigenvalue weighted by atomic mass is 127. The predicted octanol–water partition coefficient (Wildman–Crippen LogP) is 3.86. The molecule has 0 atom stereocenters. The predicted molar refractivity (Wildman–Crippen MR) is 106 cm³/mol. The Bertz CT molecular complexity index is 939. The van der Waals surface area contributed by atoms with Gasteiger partial charge in [-0.2, -0.15) is 10.2 Å². The van der Waals surface area contributed by atoms with Crippen molar-refractivity contribution in [2.24, 2.45) is 0 Å². The SMILES string of the molecule is Cc1c(I)cnn1CCC(=O)Nc1cnn(Cc2ccc(F)cc2Cl)c1. The van der Waals surface area contributed by atoms with Gasteiger partial charge in [0.2, 0.25) is 5.91 Å². The van der Waals surface area contributed by atoms with Crippen LogP contribution in [0.1, 0.15) is 17.7 Å². The monoisotopic (exact) mass is 487 g/mol. The van der Waals surface area contributed by atoms with Crippen molar-refractivity contribution in [3.8, 4) is 0 Å². The summed E-state index contributed by atoms with van der Waals surface area (Å²) in [6, 6.07) is 4.23. The van der Waals surface area contributed by atoms with E-state index in [2.05, 4.69) is 38.1 Å². The van der Waals surface area contributed by atoms with Gasteiger partial charge < -0.3 is 5.32 Å². The molecule has 0 spiro atoms. The first-order valence-electron chi connectivity index (χ1n) is 7.86. The van der Waals surface area contributed by atoms with Crippen molar-refractivity contribution >= 4 is 45.8 Å². The third-order valence-corrected chi connectivity index (χ3v) is 5.27. The number of amides is 1. The number of halogens is 3. The van der Waals surface area contributed by atoms with E-state index in [4.69, 9.17) is 11.6 Å². The lowest BCUT2D eigenvalue weighted by Crippen LogP contribution is -2.15. The van der Waals surface area contributed by atoms with E-state index in [1.807, 2.05) is 6.92 Å². The number of carbonyl (C=O) groups is 1. The van der Waals surface area contributed by atoms with Crippen LogP contribution in [0.3, 0.4) is 0 Å². The van der Waals surface area contributed by atoms with E-state index >= 15 is 0 Å². The van der Waals surface area contributed by atoms with Gasteiger partial charge in [-0.1, -0.05) is 17.7 Å². The lowest BCUT2D eigenvalue weighted by molar-refractivity contribution is -0.116. The topological polar surface area (TPSA) is 64.7 Å². The Balaban J connectivity index is 1.56. The summed E-state index contributed by atoms with van der Waals surface area (Å²) in [5.41, 5.74) is 2.39. The van der Waals surface area contributed by atoms with Gasteiger partial charge in [0, 0.05) is 23.3 Å². The van der Waals surface area contributed by atoms with Crippen LogP contribution in [0.4, 0.5) is 10.1 Å². The molecular formula is C17H16ClFIN5O. The molecule has 2 heterocycles. The zero-order chi connectivity index (χ0) is 18.7. The minimum Gasteiger partial charge on any atom is -0.323 e. The second-order valence-corrected chi connectivity index (χ2v) is 7.33. The molecular weight excluding hydrogens is 472 g/mol. The molecule has 26 heavy (non-hydrogen) atoms. The van der Waals surface area contributed by atoms with Gasteiger partial charge in [-0.05, 0) is 47.2 Å². The standard InChI is InChI=1S/C17H16ClFIN5O/c1-11-16(20)8-22-25(11)5-4-17(26)23-14-7-21-24(10-14)9-12-2-3-13(19)6-15(12)18/h2-3,6-8,10H,4-5,9H2,1H3,(H,23,26). The zero-order valence-corrected chi connectivity index (χ0v) is 16.8. The molecule has 0 bridgehead atoms. The summed E-state index contributed by atoms with van der Waals surface area (Å²) in [6.07, 6.45) is 5.36. The van der Waals surface area contributed by atoms with Gasteiger partial charge in [-0.3, -0.25) is 14.2 Å². The average Bonchev–Trinajstić information content (AvgIpc) is 3.16. The first-order chi connectivity index (χ1) is 12.4. The average molecular weight is 488 g/mol. The van der Waals surface area contributed by atoms with Gasteiger partial charge in [0.1, 0.15) is 5.82 Å². The van der Waals surface area contributed by atoms with Crippen LogP contribution in [0, 0.1) is 16.3 Å². The summed E-state index contributed by atoms with van der Waals surface area (Å²) < 4.78 is 17.6. The fraction of sp³-hybridized carbons (Fsp3) is 0.235. The third kappa shape index (κ3) is 4.61. The number of nitrogens with one attached hydrogen (secondary N) is 1. The summed E-state index contributed by atoms with van der Waals surface area (Å²) in [6.45, 7) is 2.87. The Morgan fingerprint density at radius 3 is 2.85 bits per heavy atom. The van der Waals surface area contributed by atoms with E-state index in [1.54, 1.807) is 34.0 Å². The molecule has 0 aliphatic carbocycles. The van der Waals surface area contributed by atoms with Crippen molar-refractivity contribution in [1.29, 1.82) is 0 Å². The van der Waals surface area contributed by atoms with E-state index in [9.17, 15) is 9.18 Å². The molecule has 3 aromatic rings. The summed E-state index contributed by atoms with van der Waals surface area (Å²) >= 11 is 8.24. The first kappa shape index (κ1) is 18.8. The van der Waals surface area contributed by atoms with E-state index < -0.39 is 0 Å². The fourth-order valence-corrected chi connectivity index (χ4v) is 3.05. The Hall–Kier alpha value is -1.94. The van der Waals surface area contributed by atoms with Gasteiger partial charge in [-0.25, -0.2) is 4.39 Å². The summed E-state index contributed by atoms with van der Waals surface area (Å²) in [5, 5.41) is 11.6. The second kappa shape index (κ2) is 8.17. The Labute approximate surface area is 168 Å². The number of hydrogen-bond donors (Lipinski definition) is 1. The van der Waals surface area contributed by atoms with Crippen molar-refractivity contribution in [3.05, 3.63) is 62.5 Å². The summed E-state index contributed by atoms with van der Waals surface area (Å²) in [7, 11) is 0. The lowest BCUT2D eigenvalue weighted by atomic mass is 10.2. The number of anilines is 1. The molecule has 0 aliphatic heterocycles. The van der Waals surface area contributed by atoms with E-state index in [-0.39, 0.29) is 11.7 Å². The molecule has 0 fully saturated rings. The molecule has 9 heteroatoms. The van der Waals surface area contributed by atoms with Gasteiger partial charge in [-0.15, -0.1) is 0 Å². The number of aromatic nitrogens is 4. The molecule has 3 rings (SSSR count). The zero-order valence-electron chi connectivity index (χ0n) is 13.9. The quantitative estimate of drug-likeness (QED) is 0.537. The molecule has 0 saturated heterocycles. The van der Waals surface area contributed by atoms with Crippen LogP contribution in [0.25, 0.3) is 0 Å². The minimum absolute atomic E-state index is 0.116. The molecule has 2 aromatic heterocycles. The smallest absolute Gasteiger partial charge is 0.226 e. The highest BCUT2D eigenvalue weighted by molar-refractivity contribution is 14.1. The summed E-state index contributed by atoms with van der Waals surface area (Å²) in [4.78, 5) is 12.1. The van der Waals surface area contributed by atoms with Crippen LogP contribution < -0.4 is 5.32 Å². The fourth-order valence-electron chi connectivity index (χ4n) is 2.42. The van der Waals surface area contributed by atoms with Gasteiger partial charge >= 0.3 is 0 Å². The van der Waals surface area contributed by atoms with E-state index in [0.717, 1.165) is 14.8 Å². The van der Waals surface area contributed by atoms with Crippen LogP contribution in [-0.4, -0.2) is 25.5 Å². The molecule has 1 N–H and O–H groups in total. The maximum absolute atomic E-state index is 13.1. The van der Waals surface area contributed by atoms with Crippen molar-refractivity contribution < 1.29 is 9.18 Å². The normalized spacial score (nSPS) is 10.9. The van der Waals surface area contributed by atoms with Crippen molar-refractivity contribution in [2.45, 2.75) is 26.4 Å². The second-order valence-electron chi connectivity index (χ2n) is 5.76. The first-order valence-corrected chi connectivity index (χ1v) is 9.32. The highest BCUT2D eigenvalue weighted by Gasteiger charge is 2.09. The van der Waals surface area contributed by atoms with Gasteiger partial charge in [0.05, 0.1) is 34.7 Å². The molecule has 0 saturated carbocycles. The molecule has 1 amide bonds. The van der Waals surface area contributed by atoms with E-state index in [0.29, 0.717) is 30.2 Å². The van der Waals surface area contributed by atoms with Crippen molar-refractivity contribution in [2.75, 3.05) is 5.32 Å². The number of carbonyl (C=O) groups excluding carboxylic acids is 1.